The number of allylic oxidation sites excluding steroid dienone is 1. The Balaban J connectivity index is 1.76. The van der Waals surface area contributed by atoms with Crippen molar-refractivity contribution in [1.29, 1.82) is 0 Å². The molecule has 0 bridgehead atoms. The summed E-state index contributed by atoms with van der Waals surface area (Å²) in [6, 6.07) is 7.30. The zero-order chi connectivity index (χ0) is 22.7. The summed E-state index contributed by atoms with van der Waals surface area (Å²) in [5.41, 5.74) is 0.534. The first-order chi connectivity index (χ1) is 15.6. The quantitative estimate of drug-likeness (QED) is 0.422. The molecular weight excluding hydrogens is 428 g/mol. The maximum absolute atomic E-state index is 13.4. The average Bonchev–Trinajstić information content (AvgIpc) is 3.35. The van der Waals surface area contributed by atoms with Crippen LogP contribution in [0.5, 0.6) is 0 Å². The van der Waals surface area contributed by atoms with Crippen LogP contribution in [0.4, 0.5) is 5.69 Å². The van der Waals surface area contributed by atoms with E-state index in [1.165, 1.54) is 15.9 Å². The molecule has 1 saturated heterocycles. The number of hydrogen-bond donors (Lipinski definition) is 0. The second-order valence-corrected chi connectivity index (χ2v) is 8.23. The fraction of sp³-hybridized carbons (Fsp3) is 0.304. The summed E-state index contributed by atoms with van der Waals surface area (Å²) < 4.78 is 6.68. The Hall–Kier alpha value is -3.46. The van der Waals surface area contributed by atoms with Crippen LogP contribution >= 0.6 is 11.3 Å². The summed E-state index contributed by atoms with van der Waals surface area (Å²) in [6.45, 7) is 7.75. The lowest BCUT2D eigenvalue weighted by Crippen LogP contribution is -2.49. The molecule has 3 aromatic heterocycles. The summed E-state index contributed by atoms with van der Waals surface area (Å²) in [5, 5.41) is 2.57. The van der Waals surface area contributed by atoms with E-state index in [2.05, 4.69) is 11.6 Å². The summed E-state index contributed by atoms with van der Waals surface area (Å²) in [4.78, 5) is 47.9. The second-order valence-electron chi connectivity index (χ2n) is 7.28. The molecule has 0 unspecified atom stereocenters. The van der Waals surface area contributed by atoms with Crippen LogP contribution in [0.25, 0.3) is 11.0 Å². The van der Waals surface area contributed by atoms with E-state index in [0.29, 0.717) is 47.8 Å². The maximum Gasteiger partial charge on any atom is 0.345 e. The minimum absolute atomic E-state index is 0.00167. The van der Waals surface area contributed by atoms with E-state index >= 15 is 0 Å². The molecule has 3 aromatic rings. The molecule has 0 atom stereocenters. The largest absolute Gasteiger partial charge is 0.462 e. The number of hydrogen-bond acceptors (Lipinski definition) is 7. The standard InChI is InChI=1S/C23H24N4O4S/c1-3-10-27-20-16(7-5-9-24-20)19(18(22(27)29)23(30)31-4-2)25-11-13-26(14-12-25)21(28)17-8-6-15-32-17/h3,5-9,15H,1,4,10-14H2,2H3. The number of carbonyl (C=O) groups is 2. The normalized spacial score (nSPS) is 13.9. The van der Waals surface area contributed by atoms with Gasteiger partial charge in [-0.3, -0.25) is 14.2 Å². The fourth-order valence-corrected chi connectivity index (χ4v) is 4.66. The number of pyridine rings is 2. The molecule has 8 nitrogen and oxygen atoms in total. The van der Waals surface area contributed by atoms with Crippen molar-refractivity contribution < 1.29 is 14.3 Å². The molecule has 0 aromatic carbocycles. The highest BCUT2D eigenvalue weighted by Crippen LogP contribution is 2.30. The van der Waals surface area contributed by atoms with Crippen LogP contribution in [0.1, 0.15) is 27.0 Å². The lowest BCUT2D eigenvalue weighted by Gasteiger charge is -2.37. The Morgan fingerprint density at radius 2 is 2.00 bits per heavy atom. The first-order valence-corrected chi connectivity index (χ1v) is 11.3. The highest BCUT2D eigenvalue weighted by molar-refractivity contribution is 7.12. The molecule has 0 spiro atoms. The van der Waals surface area contributed by atoms with Gasteiger partial charge in [0.1, 0.15) is 11.2 Å². The van der Waals surface area contributed by atoms with Gasteiger partial charge in [0, 0.05) is 44.3 Å². The molecule has 0 saturated carbocycles. The van der Waals surface area contributed by atoms with E-state index in [4.69, 9.17) is 4.74 Å². The summed E-state index contributed by atoms with van der Waals surface area (Å²) in [7, 11) is 0. The van der Waals surface area contributed by atoms with Crippen molar-refractivity contribution >= 4 is 39.9 Å². The summed E-state index contributed by atoms with van der Waals surface area (Å²) >= 11 is 1.42. The van der Waals surface area contributed by atoms with Gasteiger partial charge in [-0.05, 0) is 30.5 Å². The van der Waals surface area contributed by atoms with E-state index in [0.717, 1.165) is 0 Å². The number of carbonyl (C=O) groups excluding carboxylic acids is 2. The molecule has 4 rings (SSSR count). The number of amides is 1. The topological polar surface area (TPSA) is 84.7 Å². The molecule has 1 fully saturated rings. The highest BCUT2D eigenvalue weighted by atomic mass is 32.1. The minimum atomic E-state index is -0.659. The lowest BCUT2D eigenvalue weighted by molar-refractivity contribution is 0.0523. The van der Waals surface area contributed by atoms with Crippen molar-refractivity contribution in [3.63, 3.8) is 0 Å². The zero-order valence-electron chi connectivity index (χ0n) is 17.8. The number of esters is 1. The zero-order valence-corrected chi connectivity index (χ0v) is 18.6. The maximum atomic E-state index is 13.4. The van der Waals surface area contributed by atoms with Gasteiger partial charge >= 0.3 is 5.97 Å². The van der Waals surface area contributed by atoms with Crippen LogP contribution < -0.4 is 10.5 Å². The Labute approximate surface area is 189 Å². The van der Waals surface area contributed by atoms with Gasteiger partial charge in [-0.2, -0.15) is 0 Å². The van der Waals surface area contributed by atoms with Gasteiger partial charge in [0.05, 0.1) is 17.2 Å². The SMILES string of the molecule is C=CCn1c(=O)c(C(=O)OCC)c(N2CCN(C(=O)c3cccs3)CC2)c2cccnc21. The van der Waals surface area contributed by atoms with Crippen LogP contribution in [0, 0.1) is 0 Å². The molecule has 0 aliphatic carbocycles. The number of nitrogens with zero attached hydrogens (tertiary/aromatic N) is 4. The fourth-order valence-electron chi connectivity index (χ4n) is 3.97. The Bertz CT molecular complexity index is 1210. The van der Waals surface area contributed by atoms with Crippen molar-refractivity contribution in [2.75, 3.05) is 37.7 Å². The van der Waals surface area contributed by atoms with Gasteiger partial charge < -0.3 is 14.5 Å². The Morgan fingerprint density at radius 1 is 1.22 bits per heavy atom. The lowest BCUT2D eigenvalue weighted by atomic mass is 10.1. The van der Waals surface area contributed by atoms with Crippen molar-refractivity contribution in [2.24, 2.45) is 0 Å². The first-order valence-electron chi connectivity index (χ1n) is 10.4. The predicted molar refractivity (Wildman–Crippen MR) is 125 cm³/mol. The van der Waals surface area contributed by atoms with Gasteiger partial charge in [-0.1, -0.05) is 12.1 Å². The number of rotatable bonds is 6. The average molecular weight is 453 g/mol. The molecule has 4 heterocycles. The van der Waals surface area contributed by atoms with Crippen molar-refractivity contribution in [1.82, 2.24) is 14.5 Å². The van der Waals surface area contributed by atoms with Gasteiger partial charge in [-0.25, -0.2) is 9.78 Å². The van der Waals surface area contributed by atoms with E-state index in [-0.39, 0.29) is 24.6 Å². The molecule has 1 aliphatic rings. The molecule has 166 valence electrons. The second kappa shape index (κ2) is 9.35. The van der Waals surface area contributed by atoms with Gasteiger partial charge in [-0.15, -0.1) is 17.9 Å². The third-order valence-corrected chi connectivity index (χ3v) is 6.26. The molecule has 0 radical (unpaired) electrons. The molecule has 9 heteroatoms. The van der Waals surface area contributed by atoms with Crippen LogP contribution in [-0.2, 0) is 11.3 Å². The van der Waals surface area contributed by atoms with Gasteiger partial charge in [0.15, 0.2) is 0 Å². The molecule has 1 aliphatic heterocycles. The monoisotopic (exact) mass is 452 g/mol. The van der Waals surface area contributed by atoms with E-state index in [1.54, 1.807) is 30.2 Å². The van der Waals surface area contributed by atoms with Crippen LogP contribution in [0.15, 0.2) is 53.3 Å². The summed E-state index contributed by atoms with van der Waals surface area (Å²) in [5.74, 6) is -0.661. The molecule has 32 heavy (non-hydrogen) atoms. The third-order valence-electron chi connectivity index (χ3n) is 5.40. The first kappa shape index (κ1) is 21.8. The van der Waals surface area contributed by atoms with Crippen molar-refractivity contribution in [3.8, 4) is 0 Å². The van der Waals surface area contributed by atoms with E-state index < -0.39 is 11.5 Å². The van der Waals surface area contributed by atoms with Crippen molar-refractivity contribution in [2.45, 2.75) is 13.5 Å². The number of piperazine rings is 1. The van der Waals surface area contributed by atoms with Gasteiger partial charge in [0.25, 0.3) is 11.5 Å². The third kappa shape index (κ3) is 3.91. The number of anilines is 1. The van der Waals surface area contributed by atoms with Crippen LogP contribution in [-0.4, -0.2) is 59.1 Å². The van der Waals surface area contributed by atoms with E-state index in [9.17, 15) is 14.4 Å². The molecule has 0 N–H and O–H groups in total. The molecule has 1 amide bonds. The van der Waals surface area contributed by atoms with E-state index in [1.807, 2.05) is 28.5 Å². The number of thiophene rings is 1. The number of fused-ring (bicyclic) bond motifs is 1. The van der Waals surface area contributed by atoms with Crippen LogP contribution in [0.2, 0.25) is 0 Å². The summed E-state index contributed by atoms with van der Waals surface area (Å²) in [6.07, 6.45) is 3.21. The van der Waals surface area contributed by atoms with Gasteiger partial charge in [0.2, 0.25) is 0 Å². The molecular formula is C23H24N4O4S. The Kier molecular flexibility index (Phi) is 6.36. The number of ether oxygens (including phenoxy) is 1. The van der Waals surface area contributed by atoms with Crippen molar-refractivity contribution in [3.05, 3.63) is 69.3 Å². The smallest absolute Gasteiger partial charge is 0.345 e. The minimum Gasteiger partial charge on any atom is -0.462 e. The number of aromatic nitrogens is 2. The highest BCUT2D eigenvalue weighted by Gasteiger charge is 2.30. The Morgan fingerprint density at radius 3 is 2.66 bits per heavy atom. The predicted octanol–water partition coefficient (Wildman–Crippen LogP) is 2.78. The van der Waals surface area contributed by atoms with Crippen LogP contribution in [0.3, 0.4) is 0 Å².